The van der Waals surface area contributed by atoms with E-state index in [9.17, 15) is 0 Å². The molecule has 4 heteroatoms. The summed E-state index contributed by atoms with van der Waals surface area (Å²) in [5.74, 6) is 1.07. The Labute approximate surface area is 85.1 Å². The molecule has 1 aromatic heterocycles. The second-order valence-electron chi connectivity index (χ2n) is 3.56. The fourth-order valence-corrected chi connectivity index (χ4v) is 1.40. The first-order valence-corrected chi connectivity index (χ1v) is 4.98. The lowest BCUT2D eigenvalue weighted by molar-refractivity contribution is 0.190. The molecule has 1 rings (SSSR count). The largest absolute Gasteiger partial charge is 0.385 e. The lowest BCUT2D eigenvalue weighted by Crippen LogP contribution is -2.20. The van der Waals surface area contributed by atoms with Gasteiger partial charge in [-0.25, -0.2) is 4.98 Å². The van der Waals surface area contributed by atoms with Gasteiger partial charge in [0, 0.05) is 45.1 Å². The van der Waals surface area contributed by atoms with Crippen LogP contribution in [0.4, 0.5) is 0 Å². The Hall–Kier alpha value is -0.870. The Morgan fingerprint density at radius 3 is 3.07 bits per heavy atom. The van der Waals surface area contributed by atoms with Crippen molar-refractivity contribution in [3.8, 4) is 0 Å². The molecule has 0 aliphatic carbocycles. The number of hydrogen-bond acceptors (Lipinski definition) is 3. The summed E-state index contributed by atoms with van der Waals surface area (Å²) in [6.07, 6.45) is 5.66. The quantitative estimate of drug-likeness (QED) is 0.687. The van der Waals surface area contributed by atoms with Gasteiger partial charge in [0.15, 0.2) is 0 Å². The predicted octanol–water partition coefficient (Wildman–Crippen LogP) is 0.809. The molecule has 4 nitrogen and oxygen atoms in total. The Morgan fingerprint density at radius 2 is 2.43 bits per heavy atom. The van der Waals surface area contributed by atoms with Crippen molar-refractivity contribution in [1.82, 2.24) is 9.55 Å². The zero-order valence-electron chi connectivity index (χ0n) is 8.94. The van der Waals surface area contributed by atoms with Gasteiger partial charge < -0.3 is 15.0 Å². The third-order valence-electron chi connectivity index (χ3n) is 2.05. The van der Waals surface area contributed by atoms with Crippen molar-refractivity contribution in [2.75, 3.05) is 13.7 Å². The SMILES string of the molecule is COCCCn1ccnc1CC(C)N. The number of aromatic nitrogens is 2. The van der Waals surface area contributed by atoms with Gasteiger partial charge >= 0.3 is 0 Å². The molecule has 0 aliphatic heterocycles. The van der Waals surface area contributed by atoms with Crippen LogP contribution in [-0.2, 0) is 17.7 Å². The summed E-state index contributed by atoms with van der Waals surface area (Å²) in [5, 5.41) is 0. The van der Waals surface area contributed by atoms with E-state index >= 15 is 0 Å². The molecule has 0 radical (unpaired) electrons. The first kappa shape index (κ1) is 11.2. The van der Waals surface area contributed by atoms with Crippen molar-refractivity contribution in [2.24, 2.45) is 5.73 Å². The molecule has 0 saturated heterocycles. The molecule has 0 amide bonds. The summed E-state index contributed by atoms with van der Waals surface area (Å²) >= 11 is 0. The van der Waals surface area contributed by atoms with Crippen LogP contribution in [0.5, 0.6) is 0 Å². The second kappa shape index (κ2) is 5.78. The molecule has 0 bridgehead atoms. The molecular formula is C10H19N3O. The van der Waals surface area contributed by atoms with Crippen molar-refractivity contribution in [3.05, 3.63) is 18.2 Å². The number of ether oxygens (including phenoxy) is 1. The Bertz CT molecular complexity index is 258. The smallest absolute Gasteiger partial charge is 0.110 e. The normalized spacial score (nSPS) is 13.1. The van der Waals surface area contributed by atoms with E-state index < -0.39 is 0 Å². The monoisotopic (exact) mass is 197 g/mol. The van der Waals surface area contributed by atoms with Crippen molar-refractivity contribution < 1.29 is 4.74 Å². The number of hydrogen-bond donors (Lipinski definition) is 1. The number of aryl methyl sites for hydroxylation is 1. The Balaban J connectivity index is 2.45. The average Bonchev–Trinajstić information content (AvgIpc) is 2.52. The van der Waals surface area contributed by atoms with Crippen LogP contribution in [-0.4, -0.2) is 29.3 Å². The van der Waals surface area contributed by atoms with Crippen molar-refractivity contribution in [1.29, 1.82) is 0 Å². The maximum Gasteiger partial charge on any atom is 0.110 e. The Kier molecular flexibility index (Phi) is 4.62. The van der Waals surface area contributed by atoms with Gasteiger partial charge in [0.05, 0.1) is 0 Å². The summed E-state index contributed by atoms with van der Waals surface area (Å²) in [4.78, 5) is 4.28. The molecule has 0 saturated carbocycles. The lowest BCUT2D eigenvalue weighted by Gasteiger charge is -2.08. The van der Waals surface area contributed by atoms with Crippen LogP contribution in [0.1, 0.15) is 19.2 Å². The van der Waals surface area contributed by atoms with E-state index in [1.54, 1.807) is 7.11 Å². The number of methoxy groups -OCH3 is 1. The number of rotatable bonds is 6. The first-order valence-electron chi connectivity index (χ1n) is 4.98. The summed E-state index contributed by atoms with van der Waals surface area (Å²) in [6.45, 7) is 3.74. The van der Waals surface area contributed by atoms with Crippen LogP contribution in [0, 0.1) is 0 Å². The fourth-order valence-electron chi connectivity index (χ4n) is 1.40. The molecule has 2 N–H and O–H groups in total. The van der Waals surface area contributed by atoms with Gasteiger partial charge in [-0.2, -0.15) is 0 Å². The Morgan fingerprint density at radius 1 is 1.64 bits per heavy atom. The molecule has 1 atom stereocenters. The first-order chi connectivity index (χ1) is 6.74. The van der Waals surface area contributed by atoms with Crippen LogP contribution in [0.15, 0.2) is 12.4 Å². The highest BCUT2D eigenvalue weighted by Crippen LogP contribution is 2.02. The minimum atomic E-state index is 0.165. The molecule has 14 heavy (non-hydrogen) atoms. The summed E-state index contributed by atoms with van der Waals surface area (Å²) in [6, 6.07) is 0.165. The van der Waals surface area contributed by atoms with Crippen molar-refractivity contribution in [2.45, 2.75) is 32.4 Å². The molecule has 0 spiro atoms. The highest BCUT2D eigenvalue weighted by Gasteiger charge is 2.04. The fraction of sp³-hybridized carbons (Fsp3) is 0.700. The predicted molar refractivity (Wildman–Crippen MR) is 56.1 cm³/mol. The third-order valence-corrected chi connectivity index (χ3v) is 2.05. The number of nitrogens with zero attached hydrogens (tertiary/aromatic N) is 2. The van der Waals surface area contributed by atoms with Gasteiger partial charge in [0.25, 0.3) is 0 Å². The van der Waals surface area contributed by atoms with Crippen LogP contribution in [0.2, 0.25) is 0 Å². The molecule has 0 fully saturated rings. The van der Waals surface area contributed by atoms with Gasteiger partial charge in [0.1, 0.15) is 5.82 Å². The molecule has 80 valence electrons. The van der Waals surface area contributed by atoms with Crippen molar-refractivity contribution >= 4 is 0 Å². The lowest BCUT2D eigenvalue weighted by atomic mass is 10.2. The van der Waals surface area contributed by atoms with E-state index in [0.717, 1.165) is 31.8 Å². The highest BCUT2D eigenvalue weighted by molar-refractivity contribution is 4.94. The van der Waals surface area contributed by atoms with E-state index in [2.05, 4.69) is 9.55 Å². The van der Waals surface area contributed by atoms with E-state index in [1.807, 2.05) is 19.3 Å². The second-order valence-corrected chi connectivity index (χ2v) is 3.56. The maximum atomic E-state index is 5.73. The van der Waals surface area contributed by atoms with E-state index in [1.165, 1.54) is 0 Å². The third kappa shape index (κ3) is 3.47. The topological polar surface area (TPSA) is 53.1 Å². The standard InChI is InChI=1S/C10H19N3O/c1-9(11)8-10-12-4-6-13(10)5-3-7-14-2/h4,6,9H,3,5,7-8,11H2,1-2H3. The summed E-state index contributed by atoms with van der Waals surface area (Å²) in [7, 11) is 1.72. The number of imidazole rings is 1. The van der Waals surface area contributed by atoms with Crippen LogP contribution in [0.25, 0.3) is 0 Å². The molecule has 0 aromatic carbocycles. The van der Waals surface area contributed by atoms with Crippen molar-refractivity contribution in [3.63, 3.8) is 0 Å². The summed E-state index contributed by atoms with van der Waals surface area (Å²) in [5.41, 5.74) is 5.73. The zero-order chi connectivity index (χ0) is 10.4. The zero-order valence-corrected chi connectivity index (χ0v) is 8.94. The van der Waals surface area contributed by atoms with Crippen LogP contribution < -0.4 is 5.73 Å². The van der Waals surface area contributed by atoms with E-state index in [0.29, 0.717) is 0 Å². The molecular weight excluding hydrogens is 178 g/mol. The average molecular weight is 197 g/mol. The molecule has 1 aromatic rings. The highest BCUT2D eigenvalue weighted by atomic mass is 16.5. The molecule has 0 aliphatic rings. The van der Waals surface area contributed by atoms with Crippen LogP contribution >= 0.6 is 0 Å². The number of nitrogens with two attached hydrogens (primary N) is 1. The minimum Gasteiger partial charge on any atom is -0.385 e. The van der Waals surface area contributed by atoms with Gasteiger partial charge in [0.2, 0.25) is 0 Å². The molecule has 1 heterocycles. The van der Waals surface area contributed by atoms with Gasteiger partial charge in [-0.1, -0.05) is 0 Å². The van der Waals surface area contributed by atoms with E-state index in [4.69, 9.17) is 10.5 Å². The molecule has 1 unspecified atom stereocenters. The van der Waals surface area contributed by atoms with Gasteiger partial charge in [-0.05, 0) is 13.3 Å². The van der Waals surface area contributed by atoms with Gasteiger partial charge in [-0.15, -0.1) is 0 Å². The van der Waals surface area contributed by atoms with E-state index in [-0.39, 0.29) is 6.04 Å². The maximum absolute atomic E-state index is 5.73. The van der Waals surface area contributed by atoms with Gasteiger partial charge in [-0.3, -0.25) is 0 Å². The minimum absolute atomic E-state index is 0.165. The summed E-state index contributed by atoms with van der Waals surface area (Å²) < 4.78 is 7.14. The van der Waals surface area contributed by atoms with Crippen LogP contribution in [0.3, 0.4) is 0 Å².